The van der Waals surface area contributed by atoms with Gasteiger partial charge in [-0.2, -0.15) is 0 Å². The Morgan fingerprint density at radius 1 is 1.16 bits per heavy atom. The second-order valence-electron chi connectivity index (χ2n) is 7.67. The summed E-state index contributed by atoms with van der Waals surface area (Å²) < 4.78 is 7.34. The predicted molar refractivity (Wildman–Crippen MR) is 122 cm³/mol. The third-order valence-electron chi connectivity index (χ3n) is 5.54. The fraction of sp³-hybridized carbons (Fsp3) is 0.348. The normalized spacial score (nSPS) is 13.3. The number of aryl methyl sites for hydroxylation is 2. The van der Waals surface area contributed by atoms with E-state index in [9.17, 15) is 4.79 Å². The summed E-state index contributed by atoms with van der Waals surface area (Å²) >= 11 is 6.37. The summed E-state index contributed by atoms with van der Waals surface area (Å²) in [5.41, 5.74) is 2.33. The van der Waals surface area contributed by atoms with Crippen molar-refractivity contribution >= 4 is 29.0 Å². The Morgan fingerprint density at radius 3 is 2.71 bits per heavy atom. The number of halogens is 1. The number of methoxy groups -OCH3 is 1. The third kappa shape index (κ3) is 4.82. The average molecular weight is 440 g/mol. The molecular weight excluding hydrogens is 414 g/mol. The molecule has 2 heterocycles. The number of nitrogens with one attached hydrogen (secondary N) is 1. The molecule has 162 valence electrons. The van der Waals surface area contributed by atoms with Gasteiger partial charge < -0.3 is 14.6 Å². The number of ether oxygens (including phenoxy) is 1. The molecule has 1 aromatic heterocycles. The van der Waals surface area contributed by atoms with E-state index in [0.29, 0.717) is 22.9 Å². The average Bonchev–Trinajstić information content (AvgIpc) is 3.00. The van der Waals surface area contributed by atoms with E-state index >= 15 is 0 Å². The maximum Gasteiger partial charge on any atom is 0.326 e. The number of carbonyl (C=O) groups excluding carboxylic acids is 1. The molecule has 0 bridgehead atoms. The molecule has 0 atom stereocenters. The Balaban J connectivity index is 1.63. The minimum absolute atomic E-state index is 0.268. The smallest absolute Gasteiger partial charge is 0.326 e. The molecule has 1 N–H and O–H groups in total. The minimum atomic E-state index is -0.268. The molecule has 0 aliphatic carbocycles. The molecular formula is C23H26ClN5O2. The summed E-state index contributed by atoms with van der Waals surface area (Å²) in [6.07, 6.45) is 4.30. The standard InChI is InChI=1S/C23H26ClN5O2/c1-16-7-10-18(14-20(16)24)29(23(30)25-17-8-11-19(31-2)12-9-17)15-22-27-26-21-6-4-3-5-13-28(21)22/h7-12,14H,3-6,13,15H2,1-2H3,(H,25,30). The van der Waals surface area contributed by atoms with E-state index < -0.39 is 0 Å². The molecule has 1 aliphatic heterocycles. The lowest BCUT2D eigenvalue weighted by atomic mass is 10.2. The van der Waals surface area contributed by atoms with Gasteiger partial charge in [-0.25, -0.2) is 4.79 Å². The van der Waals surface area contributed by atoms with E-state index in [1.165, 1.54) is 6.42 Å². The first kappa shape index (κ1) is 21.2. The van der Waals surface area contributed by atoms with Crippen LogP contribution in [0.15, 0.2) is 42.5 Å². The summed E-state index contributed by atoms with van der Waals surface area (Å²) in [5, 5.41) is 12.3. The molecule has 0 saturated carbocycles. The molecule has 0 unspecified atom stereocenters. The maximum absolute atomic E-state index is 13.3. The molecule has 0 radical (unpaired) electrons. The van der Waals surface area contributed by atoms with Crippen LogP contribution < -0.4 is 15.0 Å². The maximum atomic E-state index is 13.3. The summed E-state index contributed by atoms with van der Waals surface area (Å²) in [6, 6.07) is 12.6. The van der Waals surface area contributed by atoms with Gasteiger partial charge in [0.05, 0.1) is 13.7 Å². The van der Waals surface area contributed by atoms with Gasteiger partial charge in [0.1, 0.15) is 11.6 Å². The number of aromatic nitrogens is 3. The Morgan fingerprint density at radius 2 is 1.97 bits per heavy atom. The van der Waals surface area contributed by atoms with Gasteiger partial charge in [-0.1, -0.05) is 24.1 Å². The molecule has 7 nitrogen and oxygen atoms in total. The number of fused-ring (bicyclic) bond motifs is 1. The molecule has 0 spiro atoms. The van der Waals surface area contributed by atoms with Crippen LogP contribution in [-0.2, 0) is 19.5 Å². The van der Waals surface area contributed by atoms with Gasteiger partial charge in [-0.15, -0.1) is 10.2 Å². The molecule has 2 aromatic carbocycles. The van der Waals surface area contributed by atoms with Crippen LogP contribution in [0, 0.1) is 6.92 Å². The SMILES string of the molecule is COc1ccc(NC(=O)N(Cc2nnc3n2CCCCC3)c2ccc(C)c(Cl)c2)cc1. The minimum Gasteiger partial charge on any atom is -0.497 e. The van der Waals surface area contributed by atoms with Crippen LogP contribution in [0.4, 0.5) is 16.2 Å². The van der Waals surface area contributed by atoms with Crippen LogP contribution in [0.2, 0.25) is 5.02 Å². The number of nitrogens with zero attached hydrogens (tertiary/aromatic N) is 4. The van der Waals surface area contributed by atoms with Gasteiger partial charge in [0.25, 0.3) is 0 Å². The first-order chi connectivity index (χ1) is 15.0. The Hall–Kier alpha value is -3.06. The highest BCUT2D eigenvalue weighted by Crippen LogP contribution is 2.26. The molecule has 4 rings (SSSR count). The van der Waals surface area contributed by atoms with Crippen LogP contribution >= 0.6 is 11.6 Å². The van der Waals surface area contributed by atoms with Gasteiger partial charge >= 0.3 is 6.03 Å². The molecule has 31 heavy (non-hydrogen) atoms. The number of benzene rings is 2. The monoisotopic (exact) mass is 439 g/mol. The summed E-state index contributed by atoms with van der Waals surface area (Å²) in [4.78, 5) is 15.0. The lowest BCUT2D eigenvalue weighted by Crippen LogP contribution is -2.35. The highest BCUT2D eigenvalue weighted by atomic mass is 35.5. The second-order valence-corrected chi connectivity index (χ2v) is 8.08. The summed E-state index contributed by atoms with van der Waals surface area (Å²) in [7, 11) is 1.61. The lowest BCUT2D eigenvalue weighted by molar-refractivity contribution is 0.256. The van der Waals surface area contributed by atoms with Gasteiger partial charge in [0, 0.05) is 29.4 Å². The Kier molecular flexibility index (Phi) is 6.42. The molecule has 0 saturated heterocycles. The molecule has 8 heteroatoms. The third-order valence-corrected chi connectivity index (χ3v) is 5.95. The number of carbonyl (C=O) groups is 1. The number of anilines is 2. The van der Waals surface area contributed by atoms with Crippen molar-refractivity contribution in [3.8, 4) is 5.75 Å². The Labute approximate surface area is 187 Å². The van der Waals surface area contributed by atoms with Crippen molar-refractivity contribution in [3.63, 3.8) is 0 Å². The fourth-order valence-corrected chi connectivity index (χ4v) is 3.87. The predicted octanol–water partition coefficient (Wildman–Crippen LogP) is 5.21. The topological polar surface area (TPSA) is 72.3 Å². The number of amides is 2. The van der Waals surface area contributed by atoms with Crippen molar-refractivity contribution in [1.82, 2.24) is 14.8 Å². The highest BCUT2D eigenvalue weighted by molar-refractivity contribution is 6.31. The van der Waals surface area contributed by atoms with Crippen LogP contribution in [0.25, 0.3) is 0 Å². The zero-order valence-corrected chi connectivity index (χ0v) is 18.5. The van der Waals surface area contributed by atoms with Gasteiger partial charge in [-0.05, 0) is 61.7 Å². The van der Waals surface area contributed by atoms with Crippen molar-refractivity contribution in [1.29, 1.82) is 0 Å². The molecule has 1 aliphatic rings. The molecule has 2 amide bonds. The highest BCUT2D eigenvalue weighted by Gasteiger charge is 2.22. The van der Waals surface area contributed by atoms with E-state index in [4.69, 9.17) is 16.3 Å². The fourth-order valence-electron chi connectivity index (χ4n) is 3.70. The van der Waals surface area contributed by atoms with E-state index in [1.54, 1.807) is 36.3 Å². The van der Waals surface area contributed by atoms with Crippen LogP contribution in [0.3, 0.4) is 0 Å². The van der Waals surface area contributed by atoms with E-state index in [-0.39, 0.29) is 6.03 Å². The van der Waals surface area contributed by atoms with E-state index in [2.05, 4.69) is 20.1 Å². The van der Waals surface area contributed by atoms with Crippen LogP contribution in [0.1, 0.15) is 36.5 Å². The lowest BCUT2D eigenvalue weighted by Gasteiger charge is -2.24. The van der Waals surface area contributed by atoms with Gasteiger partial charge in [0.2, 0.25) is 0 Å². The van der Waals surface area contributed by atoms with Gasteiger partial charge in [-0.3, -0.25) is 4.90 Å². The molecule has 3 aromatic rings. The van der Waals surface area contributed by atoms with E-state index in [1.807, 2.05) is 25.1 Å². The zero-order valence-electron chi connectivity index (χ0n) is 17.8. The number of hydrogen-bond donors (Lipinski definition) is 1. The van der Waals surface area contributed by atoms with E-state index in [0.717, 1.165) is 48.8 Å². The quantitative estimate of drug-likeness (QED) is 0.592. The van der Waals surface area contributed by atoms with Crippen molar-refractivity contribution in [2.24, 2.45) is 0 Å². The summed E-state index contributed by atoms with van der Waals surface area (Å²) in [6.45, 7) is 3.11. The van der Waals surface area contributed by atoms with Crippen LogP contribution in [0.5, 0.6) is 5.75 Å². The van der Waals surface area contributed by atoms with Gasteiger partial charge in [0.15, 0.2) is 5.82 Å². The zero-order chi connectivity index (χ0) is 21.8. The van der Waals surface area contributed by atoms with Crippen molar-refractivity contribution in [2.45, 2.75) is 45.7 Å². The number of rotatable bonds is 5. The van der Waals surface area contributed by atoms with Crippen molar-refractivity contribution in [3.05, 3.63) is 64.7 Å². The summed E-state index contributed by atoms with van der Waals surface area (Å²) in [5.74, 6) is 2.50. The first-order valence-electron chi connectivity index (χ1n) is 10.4. The van der Waals surface area contributed by atoms with Crippen molar-refractivity contribution < 1.29 is 9.53 Å². The largest absolute Gasteiger partial charge is 0.497 e. The second kappa shape index (κ2) is 9.39. The first-order valence-corrected chi connectivity index (χ1v) is 10.8. The number of hydrogen-bond acceptors (Lipinski definition) is 4. The Bertz CT molecular complexity index is 1060. The van der Waals surface area contributed by atoms with Crippen LogP contribution in [-0.4, -0.2) is 27.9 Å². The number of urea groups is 1. The molecule has 0 fully saturated rings. The van der Waals surface area contributed by atoms with Crippen molar-refractivity contribution in [2.75, 3.05) is 17.3 Å².